The van der Waals surface area contributed by atoms with E-state index in [9.17, 15) is 4.79 Å². The third kappa shape index (κ3) is 5.22. The molecule has 32 heavy (non-hydrogen) atoms. The van der Waals surface area contributed by atoms with Crippen LogP contribution in [0.15, 0.2) is 59.8 Å². The van der Waals surface area contributed by atoms with Gasteiger partial charge in [0.25, 0.3) is 5.91 Å². The van der Waals surface area contributed by atoms with Crippen molar-refractivity contribution in [3.05, 3.63) is 77.1 Å². The van der Waals surface area contributed by atoms with Gasteiger partial charge in [0.1, 0.15) is 5.82 Å². The Kier molecular flexibility index (Phi) is 7.60. The lowest BCUT2D eigenvalue weighted by molar-refractivity contribution is 0.0792. The molecule has 7 heteroatoms. The largest absolute Gasteiger partial charge is 0.383 e. The maximum atomic E-state index is 13.0. The first-order chi connectivity index (χ1) is 15.7. The highest BCUT2D eigenvalue weighted by atomic mass is 32.2. The molecule has 1 amide bonds. The van der Waals surface area contributed by atoms with E-state index >= 15 is 0 Å². The number of hydrogen-bond acceptors (Lipinski definition) is 5. The molecule has 1 saturated heterocycles. The molecular formula is C25H30N4O2S. The second kappa shape index (κ2) is 10.8. The second-order valence-electron chi connectivity index (χ2n) is 8.18. The number of hydrogen-bond donors (Lipinski definition) is 0. The number of nitrogens with zero attached hydrogens (tertiary/aromatic N) is 4. The molecule has 0 N–H and O–H groups in total. The van der Waals surface area contributed by atoms with Crippen LogP contribution in [0.4, 0.5) is 0 Å². The topological polar surface area (TPSA) is 60.2 Å². The fraction of sp³-hybridized carbons (Fsp3) is 0.400. The Bertz CT molecular complexity index is 1030. The predicted octanol–water partition coefficient (Wildman–Crippen LogP) is 4.60. The molecule has 1 atom stereocenters. The Morgan fingerprint density at radius 3 is 2.53 bits per heavy atom. The van der Waals surface area contributed by atoms with Gasteiger partial charge in [-0.2, -0.15) is 0 Å². The van der Waals surface area contributed by atoms with Crippen molar-refractivity contribution in [1.82, 2.24) is 19.7 Å². The zero-order valence-corrected chi connectivity index (χ0v) is 19.6. The van der Waals surface area contributed by atoms with Crippen molar-refractivity contribution in [3.63, 3.8) is 0 Å². The van der Waals surface area contributed by atoms with Crippen molar-refractivity contribution < 1.29 is 9.53 Å². The predicted molar refractivity (Wildman–Crippen MR) is 127 cm³/mol. The Morgan fingerprint density at radius 1 is 1.06 bits per heavy atom. The number of thioether (sulfide) groups is 1. The molecule has 1 aromatic heterocycles. The summed E-state index contributed by atoms with van der Waals surface area (Å²) >= 11 is 1.62. The van der Waals surface area contributed by atoms with Gasteiger partial charge in [0, 0.05) is 37.9 Å². The Morgan fingerprint density at radius 2 is 1.78 bits per heavy atom. The molecule has 2 heterocycles. The molecule has 1 aliphatic rings. The minimum absolute atomic E-state index is 0.109. The van der Waals surface area contributed by atoms with Crippen LogP contribution in [0.1, 0.15) is 53.1 Å². The number of carbonyl (C=O) groups excluding carboxylic acids is 1. The van der Waals surface area contributed by atoms with Crippen molar-refractivity contribution in [2.24, 2.45) is 0 Å². The lowest BCUT2D eigenvalue weighted by Gasteiger charge is -2.19. The van der Waals surface area contributed by atoms with Crippen LogP contribution in [-0.4, -0.2) is 52.4 Å². The standard InChI is InChI=1S/C25H30N4O2S/c1-19(17-31-2)29-23(16-20-10-4-3-5-11-20)26-27-25(29)32-18-21-12-6-7-13-22(21)24(30)28-14-8-9-15-28/h3-7,10-13,19H,8-9,14-18H2,1-2H3. The lowest BCUT2D eigenvalue weighted by Crippen LogP contribution is -2.28. The van der Waals surface area contributed by atoms with Gasteiger partial charge >= 0.3 is 0 Å². The van der Waals surface area contributed by atoms with E-state index in [4.69, 9.17) is 4.74 Å². The Hall–Kier alpha value is -2.64. The number of benzene rings is 2. The van der Waals surface area contributed by atoms with Crippen molar-refractivity contribution in [1.29, 1.82) is 0 Å². The molecule has 0 radical (unpaired) electrons. The number of ether oxygens (including phenoxy) is 1. The zero-order chi connectivity index (χ0) is 22.3. The summed E-state index contributed by atoms with van der Waals surface area (Å²) in [5.41, 5.74) is 3.03. The van der Waals surface area contributed by atoms with E-state index in [1.807, 2.05) is 47.4 Å². The quantitative estimate of drug-likeness (QED) is 0.446. The van der Waals surface area contributed by atoms with Crippen LogP contribution in [0, 0.1) is 0 Å². The number of carbonyl (C=O) groups is 1. The summed E-state index contributed by atoms with van der Waals surface area (Å²) < 4.78 is 7.59. The lowest BCUT2D eigenvalue weighted by atomic mass is 10.1. The van der Waals surface area contributed by atoms with Gasteiger partial charge in [0.2, 0.25) is 0 Å². The molecule has 0 aliphatic carbocycles. The summed E-state index contributed by atoms with van der Waals surface area (Å²) in [6.45, 7) is 4.41. The highest BCUT2D eigenvalue weighted by molar-refractivity contribution is 7.98. The van der Waals surface area contributed by atoms with Crippen LogP contribution in [-0.2, 0) is 16.9 Å². The molecule has 2 aromatic carbocycles. The zero-order valence-electron chi connectivity index (χ0n) is 18.7. The van der Waals surface area contributed by atoms with Gasteiger partial charge in [0.15, 0.2) is 5.16 Å². The molecule has 3 aromatic rings. The normalized spacial score (nSPS) is 14.6. The van der Waals surface area contributed by atoms with E-state index in [2.05, 4.69) is 33.8 Å². The summed E-state index contributed by atoms with van der Waals surface area (Å²) in [7, 11) is 1.71. The fourth-order valence-corrected chi connectivity index (χ4v) is 5.21. The van der Waals surface area contributed by atoms with Crippen LogP contribution >= 0.6 is 11.8 Å². The van der Waals surface area contributed by atoms with Crippen molar-refractivity contribution >= 4 is 17.7 Å². The number of aromatic nitrogens is 3. The van der Waals surface area contributed by atoms with E-state index in [1.54, 1.807) is 18.9 Å². The van der Waals surface area contributed by atoms with Gasteiger partial charge in [-0.05, 0) is 37.0 Å². The van der Waals surface area contributed by atoms with Gasteiger partial charge in [-0.1, -0.05) is 60.3 Å². The number of rotatable bonds is 9. The van der Waals surface area contributed by atoms with Crippen LogP contribution < -0.4 is 0 Å². The second-order valence-corrected chi connectivity index (χ2v) is 9.12. The van der Waals surface area contributed by atoms with Crippen molar-refractivity contribution in [3.8, 4) is 0 Å². The van der Waals surface area contributed by atoms with Gasteiger partial charge in [-0.3, -0.25) is 4.79 Å². The third-order valence-electron chi connectivity index (χ3n) is 5.79. The minimum Gasteiger partial charge on any atom is -0.383 e. The van der Waals surface area contributed by atoms with Gasteiger partial charge in [-0.15, -0.1) is 10.2 Å². The molecule has 1 unspecified atom stereocenters. The number of methoxy groups -OCH3 is 1. The molecule has 6 nitrogen and oxygen atoms in total. The van der Waals surface area contributed by atoms with Gasteiger partial charge < -0.3 is 14.2 Å². The Balaban J connectivity index is 1.55. The molecule has 168 valence electrons. The van der Waals surface area contributed by atoms with E-state index in [0.29, 0.717) is 18.8 Å². The SMILES string of the molecule is COCC(C)n1c(Cc2ccccc2)nnc1SCc1ccccc1C(=O)N1CCCC1. The average molecular weight is 451 g/mol. The van der Waals surface area contributed by atoms with Crippen LogP contribution in [0.5, 0.6) is 0 Å². The first-order valence-corrected chi connectivity index (χ1v) is 12.1. The maximum absolute atomic E-state index is 13.0. The molecule has 0 spiro atoms. The summed E-state index contributed by atoms with van der Waals surface area (Å²) in [6.07, 6.45) is 2.90. The van der Waals surface area contributed by atoms with E-state index in [-0.39, 0.29) is 11.9 Å². The van der Waals surface area contributed by atoms with Crippen molar-refractivity contribution in [2.45, 2.75) is 43.1 Å². The van der Waals surface area contributed by atoms with Gasteiger partial charge in [0.05, 0.1) is 12.6 Å². The molecule has 4 rings (SSSR count). The fourth-order valence-electron chi connectivity index (χ4n) is 4.15. The van der Waals surface area contributed by atoms with E-state index in [1.165, 1.54) is 5.56 Å². The highest BCUT2D eigenvalue weighted by Crippen LogP contribution is 2.28. The minimum atomic E-state index is 0.109. The molecule has 1 aliphatic heterocycles. The average Bonchev–Trinajstić information content (AvgIpc) is 3.49. The Labute approximate surface area is 194 Å². The summed E-state index contributed by atoms with van der Waals surface area (Å²) in [5.74, 6) is 1.72. The molecular weight excluding hydrogens is 420 g/mol. The first kappa shape index (κ1) is 22.6. The van der Waals surface area contributed by atoms with E-state index < -0.39 is 0 Å². The molecule has 0 bridgehead atoms. The number of likely N-dealkylation sites (tertiary alicyclic amines) is 1. The number of amides is 1. The maximum Gasteiger partial charge on any atom is 0.254 e. The molecule has 1 fully saturated rings. The van der Waals surface area contributed by atoms with Crippen molar-refractivity contribution in [2.75, 3.05) is 26.8 Å². The third-order valence-corrected chi connectivity index (χ3v) is 6.78. The molecule has 0 saturated carbocycles. The van der Waals surface area contributed by atoms with Crippen LogP contribution in [0.2, 0.25) is 0 Å². The first-order valence-electron chi connectivity index (χ1n) is 11.1. The summed E-state index contributed by atoms with van der Waals surface area (Å²) in [5, 5.41) is 9.87. The summed E-state index contributed by atoms with van der Waals surface area (Å²) in [6, 6.07) is 18.3. The highest BCUT2D eigenvalue weighted by Gasteiger charge is 2.23. The monoisotopic (exact) mass is 450 g/mol. The van der Waals surface area contributed by atoms with Gasteiger partial charge in [-0.25, -0.2) is 0 Å². The van der Waals surface area contributed by atoms with Crippen LogP contribution in [0.3, 0.4) is 0 Å². The van der Waals surface area contributed by atoms with E-state index in [0.717, 1.165) is 48.0 Å². The smallest absolute Gasteiger partial charge is 0.254 e. The van der Waals surface area contributed by atoms with Crippen LogP contribution in [0.25, 0.3) is 0 Å². The summed E-state index contributed by atoms with van der Waals surface area (Å²) in [4.78, 5) is 15.0.